The SMILES string of the molecule is CC(C)(C)OC(=O)n1c(CCCOC2CCCCO2)nc2ccccc21. The summed E-state index contributed by atoms with van der Waals surface area (Å²) in [4.78, 5) is 17.3. The van der Waals surface area contributed by atoms with Crippen LogP contribution in [-0.2, 0) is 20.6 Å². The molecule has 6 heteroatoms. The standard InChI is InChI=1S/C20H28N2O4/c1-20(2,3)26-19(23)22-16-10-5-4-9-15(16)21-17(22)11-8-14-25-18-12-6-7-13-24-18/h4-5,9-10,18H,6-8,11-14H2,1-3H3. The van der Waals surface area contributed by atoms with E-state index in [1.165, 1.54) is 0 Å². The predicted octanol–water partition coefficient (Wildman–Crippen LogP) is 4.30. The highest BCUT2D eigenvalue weighted by Crippen LogP contribution is 2.20. The fraction of sp³-hybridized carbons (Fsp3) is 0.600. The average Bonchev–Trinajstić information content (AvgIpc) is 2.96. The average molecular weight is 360 g/mol. The van der Waals surface area contributed by atoms with E-state index in [4.69, 9.17) is 14.2 Å². The lowest BCUT2D eigenvalue weighted by Crippen LogP contribution is -2.28. The molecule has 0 radical (unpaired) electrons. The summed E-state index contributed by atoms with van der Waals surface area (Å²) in [6.07, 6.45) is 4.15. The van der Waals surface area contributed by atoms with Crippen molar-refractivity contribution < 1.29 is 19.0 Å². The second kappa shape index (κ2) is 8.18. The molecule has 0 spiro atoms. The van der Waals surface area contributed by atoms with Gasteiger partial charge in [-0.2, -0.15) is 0 Å². The highest BCUT2D eigenvalue weighted by atomic mass is 16.7. The molecule has 6 nitrogen and oxygen atoms in total. The van der Waals surface area contributed by atoms with Gasteiger partial charge in [-0.3, -0.25) is 0 Å². The first-order valence-electron chi connectivity index (χ1n) is 9.37. The van der Waals surface area contributed by atoms with E-state index in [9.17, 15) is 4.79 Å². The summed E-state index contributed by atoms with van der Waals surface area (Å²) in [6, 6.07) is 7.62. The highest BCUT2D eigenvalue weighted by molar-refractivity contribution is 5.87. The molecule has 1 aliphatic rings. The molecular formula is C20H28N2O4. The fourth-order valence-electron chi connectivity index (χ4n) is 3.04. The maximum absolute atomic E-state index is 12.7. The van der Waals surface area contributed by atoms with Crippen LogP contribution >= 0.6 is 0 Å². The van der Waals surface area contributed by atoms with Crippen LogP contribution in [0.1, 0.15) is 52.3 Å². The number of imidazole rings is 1. The molecule has 1 aliphatic heterocycles. The first-order chi connectivity index (χ1) is 12.4. The van der Waals surface area contributed by atoms with E-state index in [0.717, 1.165) is 43.3 Å². The van der Waals surface area contributed by atoms with Gasteiger partial charge in [-0.05, 0) is 58.6 Å². The Morgan fingerprint density at radius 1 is 1.31 bits per heavy atom. The van der Waals surface area contributed by atoms with Gasteiger partial charge in [0.1, 0.15) is 11.4 Å². The summed E-state index contributed by atoms with van der Waals surface area (Å²) in [5.74, 6) is 0.702. The van der Waals surface area contributed by atoms with Crippen LogP contribution in [-0.4, -0.2) is 40.7 Å². The van der Waals surface area contributed by atoms with E-state index in [0.29, 0.717) is 18.9 Å². The molecule has 0 N–H and O–H groups in total. The number of hydrogen-bond acceptors (Lipinski definition) is 5. The van der Waals surface area contributed by atoms with Crippen molar-refractivity contribution in [2.75, 3.05) is 13.2 Å². The first kappa shape index (κ1) is 18.9. The topological polar surface area (TPSA) is 62.6 Å². The Morgan fingerprint density at radius 2 is 2.12 bits per heavy atom. The van der Waals surface area contributed by atoms with Gasteiger partial charge in [0.2, 0.25) is 0 Å². The molecular weight excluding hydrogens is 332 g/mol. The van der Waals surface area contributed by atoms with Crippen molar-refractivity contribution in [3.8, 4) is 0 Å². The molecule has 3 rings (SSSR count). The molecule has 2 aromatic rings. The molecule has 1 fully saturated rings. The smallest absolute Gasteiger partial charge is 0.420 e. The largest absolute Gasteiger partial charge is 0.443 e. The van der Waals surface area contributed by atoms with E-state index in [1.807, 2.05) is 45.0 Å². The third-order valence-electron chi connectivity index (χ3n) is 4.19. The number of ether oxygens (including phenoxy) is 3. The van der Waals surface area contributed by atoms with Crippen molar-refractivity contribution in [1.29, 1.82) is 0 Å². The van der Waals surface area contributed by atoms with Crippen molar-refractivity contribution in [3.63, 3.8) is 0 Å². The Morgan fingerprint density at radius 3 is 2.85 bits per heavy atom. The summed E-state index contributed by atoms with van der Waals surface area (Å²) >= 11 is 0. The second-order valence-electron chi connectivity index (χ2n) is 7.60. The molecule has 0 saturated carbocycles. The van der Waals surface area contributed by atoms with Gasteiger partial charge in [0.25, 0.3) is 0 Å². The number of aromatic nitrogens is 2. The lowest BCUT2D eigenvalue weighted by atomic mass is 10.2. The molecule has 1 aromatic carbocycles. The van der Waals surface area contributed by atoms with Crippen molar-refractivity contribution in [3.05, 3.63) is 30.1 Å². The van der Waals surface area contributed by atoms with E-state index in [2.05, 4.69) is 4.98 Å². The Balaban J connectivity index is 1.68. The van der Waals surface area contributed by atoms with E-state index in [1.54, 1.807) is 4.57 Å². The number of fused-ring (bicyclic) bond motifs is 1. The molecule has 26 heavy (non-hydrogen) atoms. The molecule has 1 atom stereocenters. The number of benzene rings is 1. The number of rotatable bonds is 5. The number of aryl methyl sites for hydroxylation is 1. The van der Waals surface area contributed by atoms with Gasteiger partial charge in [-0.25, -0.2) is 14.3 Å². The van der Waals surface area contributed by atoms with Crippen LogP contribution in [0.2, 0.25) is 0 Å². The van der Waals surface area contributed by atoms with Crippen LogP contribution in [0.3, 0.4) is 0 Å². The molecule has 142 valence electrons. The van der Waals surface area contributed by atoms with Crippen molar-refractivity contribution in [2.45, 2.75) is 64.8 Å². The zero-order valence-corrected chi connectivity index (χ0v) is 15.9. The number of nitrogens with zero attached hydrogens (tertiary/aromatic N) is 2. The van der Waals surface area contributed by atoms with Gasteiger partial charge in [0.15, 0.2) is 6.29 Å². The zero-order chi connectivity index (χ0) is 18.6. The zero-order valence-electron chi connectivity index (χ0n) is 15.9. The first-order valence-corrected chi connectivity index (χ1v) is 9.37. The summed E-state index contributed by atoms with van der Waals surface area (Å²) < 4.78 is 18.5. The number of carbonyl (C=O) groups excluding carboxylic acids is 1. The lowest BCUT2D eigenvalue weighted by Gasteiger charge is -2.22. The van der Waals surface area contributed by atoms with Crippen LogP contribution in [0.25, 0.3) is 11.0 Å². The molecule has 0 amide bonds. The van der Waals surface area contributed by atoms with Crippen molar-refractivity contribution in [2.24, 2.45) is 0 Å². The monoisotopic (exact) mass is 360 g/mol. The third-order valence-corrected chi connectivity index (χ3v) is 4.19. The predicted molar refractivity (Wildman–Crippen MR) is 99.2 cm³/mol. The van der Waals surface area contributed by atoms with Crippen molar-refractivity contribution >= 4 is 17.1 Å². The minimum atomic E-state index is -0.554. The normalized spacial score (nSPS) is 18.2. The minimum Gasteiger partial charge on any atom is -0.443 e. The molecule has 0 aliphatic carbocycles. The van der Waals surface area contributed by atoms with Gasteiger partial charge in [-0.15, -0.1) is 0 Å². The maximum Gasteiger partial charge on any atom is 0.420 e. The van der Waals surface area contributed by atoms with Crippen LogP contribution in [0, 0.1) is 0 Å². The Bertz CT molecular complexity index is 742. The number of hydrogen-bond donors (Lipinski definition) is 0. The molecule has 1 saturated heterocycles. The molecule has 0 bridgehead atoms. The third kappa shape index (κ3) is 4.83. The van der Waals surface area contributed by atoms with Gasteiger partial charge in [-0.1, -0.05) is 12.1 Å². The van der Waals surface area contributed by atoms with Gasteiger partial charge >= 0.3 is 6.09 Å². The summed E-state index contributed by atoms with van der Waals surface area (Å²) in [5.41, 5.74) is 1.01. The highest BCUT2D eigenvalue weighted by Gasteiger charge is 2.23. The van der Waals surface area contributed by atoms with Crippen LogP contribution in [0.15, 0.2) is 24.3 Å². The van der Waals surface area contributed by atoms with E-state index >= 15 is 0 Å². The van der Waals surface area contributed by atoms with Crippen molar-refractivity contribution in [1.82, 2.24) is 9.55 Å². The summed E-state index contributed by atoms with van der Waals surface area (Å²) in [6.45, 7) is 6.95. The van der Waals surface area contributed by atoms with E-state index < -0.39 is 11.7 Å². The van der Waals surface area contributed by atoms with E-state index in [-0.39, 0.29) is 6.29 Å². The lowest BCUT2D eigenvalue weighted by molar-refractivity contribution is -0.162. The number of carbonyl (C=O) groups is 1. The second-order valence-corrected chi connectivity index (χ2v) is 7.60. The van der Waals surface area contributed by atoms with Crippen LogP contribution < -0.4 is 0 Å². The maximum atomic E-state index is 12.7. The Hall–Kier alpha value is -1.92. The minimum absolute atomic E-state index is 0.0894. The molecule has 2 heterocycles. The Kier molecular flexibility index (Phi) is 5.94. The fourth-order valence-corrected chi connectivity index (χ4v) is 3.04. The quantitative estimate of drug-likeness (QED) is 0.744. The summed E-state index contributed by atoms with van der Waals surface area (Å²) in [5, 5.41) is 0. The van der Waals surface area contributed by atoms with Crippen LogP contribution in [0.5, 0.6) is 0 Å². The van der Waals surface area contributed by atoms with Gasteiger partial charge < -0.3 is 14.2 Å². The molecule has 1 unspecified atom stereocenters. The number of para-hydroxylation sites is 2. The Labute approximate surface area is 154 Å². The summed E-state index contributed by atoms with van der Waals surface area (Å²) in [7, 11) is 0. The van der Waals surface area contributed by atoms with Gasteiger partial charge in [0.05, 0.1) is 17.6 Å². The molecule has 1 aromatic heterocycles. The van der Waals surface area contributed by atoms with Crippen LogP contribution in [0.4, 0.5) is 4.79 Å². The van der Waals surface area contributed by atoms with Gasteiger partial charge in [0, 0.05) is 13.0 Å².